The van der Waals surface area contributed by atoms with Crippen molar-refractivity contribution >= 4 is 11.9 Å². The van der Waals surface area contributed by atoms with E-state index in [9.17, 15) is 0 Å². The van der Waals surface area contributed by atoms with Gasteiger partial charge >= 0.3 is 0 Å². The lowest BCUT2D eigenvalue weighted by atomic mass is 10.1. The molecule has 8 nitrogen and oxygen atoms in total. The van der Waals surface area contributed by atoms with Gasteiger partial charge in [-0.05, 0) is 43.5 Å². The number of anilines is 1. The van der Waals surface area contributed by atoms with Gasteiger partial charge in [0, 0.05) is 58.2 Å². The summed E-state index contributed by atoms with van der Waals surface area (Å²) in [6.07, 6.45) is 4.52. The molecule has 0 saturated carbocycles. The predicted octanol–water partition coefficient (Wildman–Crippen LogP) is 1.71. The molecule has 31 heavy (non-hydrogen) atoms. The van der Waals surface area contributed by atoms with E-state index in [0.717, 1.165) is 82.0 Å². The quantitative estimate of drug-likeness (QED) is 0.468. The molecule has 3 rings (SSSR count). The third kappa shape index (κ3) is 7.10. The summed E-state index contributed by atoms with van der Waals surface area (Å²) in [5, 5.41) is 6.78. The van der Waals surface area contributed by atoms with Crippen LogP contribution in [-0.2, 0) is 6.42 Å². The van der Waals surface area contributed by atoms with Gasteiger partial charge in [0.25, 0.3) is 0 Å². The number of nitrogens with zero attached hydrogens (tertiary/aromatic N) is 5. The smallest absolute Gasteiger partial charge is 0.225 e. The summed E-state index contributed by atoms with van der Waals surface area (Å²) < 4.78 is 5.42. The number of aromatic nitrogens is 2. The van der Waals surface area contributed by atoms with Gasteiger partial charge in [-0.3, -0.25) is 9.89 Å². The molecule has 1 aromatic heterocycles. The molecule has 0 bridgehead atoms. The third-order valence-electron chi connectivity index (χ3n) is 5.42. The van der Waals surface area contributed by atoms with Gasteiger partial charge in [0.15, 0.2) is 5.96 Å². The molecule has 8 heteroatoms. The van der Waals surface area contributed by atoms with Crippen LogP contribution in [0.4, 0.5) is 5.95 Å². The maximum absolute atomic E-state index is 5.42. The zero-order valence-corrected chi connectivity index (χ0v) is 19.0. The maximum Gasteiger partial charge on any atom is 0.225 e. The monoisotopic (exact) mass is 425 g/mol. The van der Waals surface area contributed by atoms with Crippen LogP contribution in [0.15, 0.2) is 41.7 Å². The van der Waals surface area contributed by atoms with E-state index in [-0.39, 0.29) is 0 Å². The van der Waals surface area contributed by atoms with Crippen LogP contribution < -0.4 is 20.3 Å². The van der Waals surface area contributed by atoms with E-state index in [4.69, 9.17) is 9.73 Å². The number of aliphatic imine (C=N–C) groups is 1. The number of rotatable bonds is 9. The molecule has 0 atom stereocenters. The topological polar surface area (TPSA) is 77.9 Å². The lowest BCUT2D eigenvalue weighted by Crippen LogP contribution is -2.47. The second-order valence-corrected chi connectivity index (χ2v) is 7.62. The fraction of sp³-hybridized carbons (Fsp3) is 0.522. The first kappa shape index (κ1) is 22.8. The van der Waals surface area contributed by atoms with Gasteiger partial charge in [-0.15, -0.1) is 0 Å². The van der Waals surface area contributed by atoms with Gasteiger partial charge in [0.05, 0.1) is 13.7 Å². The standard InChI is InChI=1S/C23H35N7O/c1-4-24-22(25-11-8-20-7-6-19(2)21(18-20)31-3)26-12-13-29-14-16-30(17-15-29)23-27-9-5-10-28-23/h5-7,9-10,18H,4,8,11-17H2,1-3H3,(H2,24,25,26). The summed E-state index contributed by atoms with van der Waals surface area (Å²) >= 11 is 0. The van der Waals surface area contributed by atoms with Crippen molar-refractivity contribution in [1.29, 1.82) is 0 Å². The Morgan fingerprint density at radius 1 is 1.13 bits per heavy atom. The zero-order valence-electron chi connectivity index (χ0n) is 19.0. The van der Waals surface area contributed by atoms with Crippen LogP contribution in [0, 0.1) is 6.92 Å². The Hall–Kier alpha value is -2.87. The minimum Gasteiger partial charge on any atom is -0.496 e. The Morgan fingerprint density at radius 3 is 2.61 bits per heavy atom. The largest absolute Gasteiger partial charge is 0.496 e. The highest BCUT2D eigenvalue weighted by Gasteiger charge is 2.18. The van der Waals surface area contributed by atoms with E-state index in [0.29, 0.717) is 0 Å². The number of hydrogen-bond acceptors (Lipinski definition) is 6. The van der Waals surface area contributed by atoms with Crippen molar-refractivity contribution in [3.63, 3.8) is 0 Å². The van der Waals surface area contributed by atoms with E-state index < -0.39 is 0 Å². The molecular weight excluding hydrogens is 390 g/mol. The minimum absolute atomic E-state index is 0.773. The molecule has 2 heterocycles. The van der Waals surface area contributed by atoms with E-state index in [1.54, 1.807) is 19.5 Å². The fourth-order valence-electron chi connectivity index (χ4n) is 3.62. The average molecular weight is 426 g/mol. The Bertz CT molecular complexity index is 820. The first-order valence-corrected chi connectivity index (χ1v) is 11.1. The summed E-state index contributed by atoms with van der Waals surface area (Å²) in [5.41, 5.74) is 2.41. The van der Waals surface area contributed by atoms with Crippen molar-refractivity contribution in [2.45, 2.75) is 20.3 Å². The number of ether oxygens (including phenoxy) is 1. The second kappa shape index (κ2) is 12.1. The summed E-state index contributed by atoms with van der Waals surface area (Å²) in [7, 11) is 1.72. The van der Waals surface area contributed by atoms with E-state index in [2.05, 4.69) is 62.4 Å². The third-order valence-corrected chi connectivity index (χ3v) is 5.42. The SMILES string of the molecule is CCNC(=NCCN1CCN(c2ncccn2)CC1)NCCc1ccc(C)c(OC)c1. The molecule has 1 aliphatic rings. The number of methoxy groups -OCH3 is 1. The molecule has 0 radical (unpaired) electrons. The number of benzene rings is 1. The highest BCUT2D eigenvalue weighted by Crippen LogP contribution is 2.19. The lowest BCUT2D eigenvalue weighted by Gasteiger charge is -2.34. The molecule has 0 amide bonds. The van der Waals surface area contributed by atoms with Crippen LogP contribution in [0.2, 0.25) is 0 Å². The molecule has 1 aromatic carbocycles. The number of piperazine rings is 1. The summed E-state index contributed by atoms with van der Waals surface area (Å²) in [5.74, 6) is 2.64. The molecule has 1 fully saturated rings. The molecule has 168 valence electrons. The molecular formula is C23H35N7O. The molecule has 0 unspecified atom stereocenters. The number of nitrogens with one attached hydrogen (secondary N) is 2. The van der Waals surface area contributed by atoms with Crippen LogP contribution in [0.1, 0.15) is 18.1 Å². The average Bonchev–Trinajstić information content (AvgIpc) is 2.81. The molecule has 0 spiro atoms. The Labute approximate surface area is 185 Å². The van der Waals surface area contributed by atoms with Crippen LogP contribution >= 0.6 is 0 Å². The zero-order chi connectivity index (χ0) is 21.9. The first-order valence-electron chi connectivity index (χ1n) is 11.1. The second-order valence-electron chi connectivity index (χ2n) is 7.62. The summed E-state index contributed by atoms with van der Waals surface area (Å²) in [6.45, 7) is 11.5. The molecule has 2 aromatic rings. The minimum atomic E-state index is 0.773. The van der Waals surface area contributed by atoms with E-state index in [1.165, 1.54) is 5.56 Å². The van der Waals surface area contributed by atoms with Gasteiger partial charge in [-0.2, -0.15) is 0 Å². The van der Waals surface area contributed by atoms with Crippen molar-refractivity contribution in [2.24, 2.45) is 4.99 Å². The summed E-state index contributed by atoms with van der Waals surface area (Å²) in [4.78, 5) is 18.1. The maximum atomic E-state index is 5.42. The van der Waals surface area contributed by atoms with Gasteiger partial charge in [0.1, 0.15) is 5.75 Å². The van der Waals surface area contributed by atoms with Crippen LogP contribution in [0.25, 0.3) is 0 Å². The normalized spacial score (nSPS) is 15.1. The number of aryl methyl sites for hydroxylation is 1. The van der Waals surface area contributed by atoms with E-state index >= 15 is 0 Å². The van der Waals surface area contributed by atoms with Crippen molar-refractivity contribution < 1.29 is 4.74 Å². The van der Waals surface area contributed by atoms with Crippen molar-refractivity contribution in [1.82, 2.24) is 25.5 Å². The Balaban J connectivity index is 1.40. The molecule has 0 aliphatic carbocycles. The summed E-state index contributed by atoms with van der Waals surface area (Å²) in [6, 6.07) is 8.23. The highest BCUT2D eigenvalue weighted by atomic mass is 16.5. The van der Waals surface area contributed by atoms with Crippen molar-refractivity contribution in [3.8, 4) is 5.75 Å². The molecule has 2 N–H and O–H groups in total. The highest BCUT2D eigenvalue weighted by molar-refractivity contribution is 5.79. The fourth-order valence-corrected chi connectivity index (χ4v) is 3.62. The Kier molecular flexibility index (Phi) is 8.90. The number of hydrogen-bond donors (Lipinski definition) is 2. The van der Waals surface area contributed by atoms with Crippen molar-refractivity contribution in [2.75, 3.05) is 64.4 Å². The van der Waals surface area contributed by atoms with Crippen LogP contribution in [0.5, 0.6) is 5.75 Å². The van der Waals surface area contributed by atoms with E-state index in [1.807, 2.05) is 6.07 Å². The van der Waals surface area contributed by atoms with Crippen LogP contribution in [-0.4, -0.2) is 80.3 Å². The van der Waals surface area contributed by atoms with Crippen molar-refractivity contribution in [3.05, 3.63) is 47.8 Å². The first-order chi connectivity index (χ1) is 15.2. The molecule has 1 saturated heterocycles. The van der Waals surface area contributed by atoms with Gasteiger partial charge < -0.3 is 20.3 Å². The molecule has 1 aliphatic heterocycles. The van der Waals surface area contributed by atoms with Gasteiger partial charge in [0.2, 0.25) is 5.95 Å². The Morgan fingerprint density at radius 2 is 1.90 bits per heavy atom. The van der Waals surface area contributed by atoms with Gasteiger partial charge in [-0.1, -0.05) is 12.1 Å². The predicted molar refractivity (Wildman–Crippen MR) is 126 cm³/mol. The van der Waals surface area contributed by atoms with Gasteiger partial charge in [-0.25, -0.2) is 9.97 Å². The number of guanidine groups is 1. The lowest BCUT2D eigenvalue weighted by molar-refractivity contribution is 0.263. The van der Waals surface area contributed by atoms with Crippen LogP contribution in [0.3, 0.4) is 0 Å².